The first-order valence-electron chi connectivity index (χ1n) is 11.2. The van der Waals surface area contributed by atoms with E-state index >= 15 is 0 Å². The van der Waals surface area contributed by atoms with Crippen molar-refractivity contribution in [1.82, 2.24) is 30.5 Å². The van der Waals surface area contributed by atoms with Crippen molar-refractivity contribution in [2.75, 3.05) is 10.6 Å². The van der Waals surface area contributed by atoms with E-state index < -0.39 is 18.1 Å². The highest BCUT2D eigenvalue weighted by atomic mass is 79.9. The van der Waals surface area contributed by atoms with Crippen LogP contribution in [0.4, 0.5) is 21.0 Å². The lowest BCUT2D eigenvalue weighted by molar-refractivity contribution is -0.118. The summed E-state index contributed by atoms with van der Waals surface area (Å²) >= 11 is 3.43. The number of tetrazole rings is 1. The number of nitrogens with one attached hydrogen (secondary N) is 4. The standard InChI is InChI=1S/C23H22BrN9O3/c24-14-8-13(20-29-31-32-30-20)9-15(10-14)26-21(34)17(7-12-5-6-12)27-23(36)28-18-11-33(22(25)35)19-4-2-1-3-16(18)19/h1-4,8-12,17H,5-7H2,(H2,25,35)(H,26,34)(H2,27,28,36)(H,29,30,31,32)/t17-/m0/s1. The van der Waals surface area contributed by atoms with Crippen LogP contribution in [-0.2, 0) is 4.79 Å². The van der Waals surface area contributed by atoms with Crippen LogP contribution in [0.25, 0.3) is 22.3 Å². The van der Waals surface area contributed by atoms with Gasteiger partial charge in [0.15, 0.2) is 0 Å². The van der Waals surface area contributed by atoms with Crippen molar-refractivity contribution in [2.45, 2.75) is 25.3 Å². The van der Waals surface area contributed by atoms with Gasteiger partial charge in [0.05, 0.1) is 11.2 Å². The van der Waals surface area contributed by atoms with Gasteiger partial charge in [-0.15, -0.1) is 10.2 Å². The third kappa shape index (κ3) is 5.20. The molecule has 36 heavy (non-hydrogen) atoms. The van der Waals surface area contributed by atoms with Gasteiger partial charge < -0.3 is 21.7 Å². The predicted octanol–water partition coefficient (Wildman–Crippen LogP) is 3.44. The number of benzene rings is 2. The number of carbonyl (C=O) groups excluding carboxylic acids is 3. The molecule has 2 aromatic carbocycles. The molecule has 1 aliphatic rings. The van der Waals surface area contributed by atoms with Crippen LogP contribution in [0, 0.1) is 5.92 Å². The second-order valence-corrected chi connectivity index (χ2v) is 9.47. The van der Waals surface area contributed by atoms with Gasteiger partial charge in [0.1, 0.15) is 6.04 Å². The third-order valence-electron chi connectivity index (χ3n) is 5.85. The van der Waals surface area contributed by atoms with E-state index in [1.165, 1.54) is 10.8 Å². The highest BCUT2D eigenvalue weighted by molar-refractivity contribution is 9.10. The van der Waals surface area contributed by atoms with E-state index in [0.29, 0.717) is 46.0 Å². The predicted molar refractivity (Wildman–Crippen MR) is 136 cm³/mol. The topological polar surface area (TPSA) is 173 Å². The quantitative estimate of drug-likeness (QED) is 0.235. The average molecular weight is 552 g/mol. The summed E-state index contributed by atoms with van der Waals surface area (Å²) in [6.07, 6.45) is 3.99. The minimum atomic E-state index is -0.769. The van der Waals surface area contributed by atoms with Crippen molar-refractivity contribution >= 4 is 56.2 Å². The number of amides is 4. The fraction of sp³-hybridized carbons (Fsp3) is 0.217. The van der Waals surface area contributed by atoms with Gasteiger partial charge >= 0.3 is 12.1 Å². The molecule has 12 nitrogen and oxygen atoms in total. The molecule has 0 aliphatic heterocycles. The summed E-state index contributed by atoms with van der Waals surface area (Å²) < 4.78 is 1.98. The molecular weight excluding hydrogens is 530 g/mol. The number of para-hydroxylation sites is 1. The molecular formula is C23H22BrN9O3. The largest absolute Gasteiger partial charge is 0.351 e. The number of rotatable bonds is 7. The van der Waals surface area contributed by atoms with E-state index in [1.807, 2.05) is 0 Å². The van der Waals surface area contributed by atoms with Gasteiger partial charge in [-0.25, -0.2) is 9.59 Å². The Bertz CT molecular complexity index is 1450. The Morgan fingerprint density at radius 2 is 1.97 bits per heavy atom. The Morgan fingerprint density at radius 3 is 2.69 bits per heavy atom. The minimum Gasteiger partial charge on any atom is -0.351 e. The average Bonchev–Trinajstić information content (AvgIpc) is 3.34. The first kappa shape index (κ1) is 23.5. The summed E-state index contributed by atoms with van der Waals surface area (Å²) in [6.45, 7) is 0. The number of anilines is 2. The minimum absolute atomic E-state index is 0.353. The van der Waals surface area contributed by atoms with Crippen molar-refractivity contribution in [3.8, 4) is 11.4 Å². The lowest BCUT2D eigenvalue weighted by Gasteiger charge is -2.19. The van der Waals surface area contributed by atoms with Crippen LogP contribution in [-0.4, -0.2) is 49.2 Å². The number of H-pyrrole nitrogens is 1. The summed E-state index contributed by atoms with van der Waals surface area (Å²) in [4.78, 5) is 37.9. The fourth-order valence-corrected chi connectivity index (χ4v) is 4.49. The zero-order chi connectivity index (χ0) is 25.2. The molecule has 4 amide bonds. The van der Waals surface area contributed by atoms with E-state index in [4.69, 9.17) is 5.73 Å². The highest BCUT2D eigenvalue weighted by Gasteiger charge is 2.31. The molecule has 0 bridgehead atoms. The molecule has 1 aliphatic carbocycles. The van der Waals surface area contributed by atoms with E-state index in [1.54, 1.807) is 42.5 Å². The van der Waals surface area contributed by atoms with Crippen LogP contribution in [0.2, 0.25) is 0 Å². The summed E-state index contributed by atoms with van der Waals surface area (Å²) in [5.41, 5.74) is 7.61. The number of nitrogens with two attached hydrogens (primary N) is 1. The number of fused-ring (bicyclic) bond motifs is 1. The molecule has 1 atom stereocenters. The van der Waals surface area contributed by atoms with E-state index in [2.05, 4.69) is 52.5 Å². The first-order chi connectivity index (χ1) is 17.4. The van der Waals surface area contributed by atoms with Crippen molar-refractivity contribution in [3.05, 3.63) is 53.1 Å². The Morgan fingerprint density at radius 1 is 1.17 bits per heavy atom. The van der Waals surface area contributed by atoms with Crippen molar-refractivity contribution in [2.24, 2.45) is 11.7 Å². The van der Waals surface area contributed by atoms with Crippen LogP contribution in [0.3, 0.4) is 0 Å². The molecule has 0 saturated heterocycles. The first-order valence-corrected chi connectivity index (χ1v) is 12.0. The highest BCUT2D eigenvalue weighted by Crippen LogP contribution is 2.34. The maximum Gasteiger partial charge on any atom is 0.323 e. The van der Waals surface area contributed by atoms with Crippen molar-refractivity contribution < 1.29 is 14.4 Å². The molecule has 1 fully saturated rings. The van der Waals surface area contributed by atoms with Crippen LogP contribution >= 0.6 is 15.9 Å². The number of carbonyl (C=O) groups is 3. The summed E-state index contributed by atoms with van der Waals surface area (Å²) in [6, 6.07) is 10.3. The fourth-order valence-electron chi connectivity index (χ4n) is 4.00. The molecule has 5 rings (SSSR count). The van der Waals surface area contributed by atoms with E-state index in [0.717, 1.165) is 17.3 Å². The zero-order valence-corrected chi connectivity index (χ0v) is 20.4. The van der Waals surface area contributed by atoms with Crippen molar-refractivity contribution in [3.63, 3.8) is 0 Å². The van der Waals surface area contributed by atoms with Gasteiger partial charge in [0.25, 0.3) is 0 Å². The molecule has 1 saturated carbocycles. The van der Waals surface area contributed by atoms with Gasteiger partial charge in [0, 0.05) is 27.3 Å². The Hall–Kier alpha value is -4.26. The number of nitrogens with zero attached hydrogens (tertiary/aromatic N) is 4. The van der Waals surface area contributed by atoms with Gasteiger partial charge in [-0.3, -0.25) is 9.36 Å². The Labute approximate surface area is 213 Å². The summed E-state index contributed by atoms with van der Waals surface area (Å²) in [5.74, 6) is 0.401. The molecule has 2 aromatic heterocycles. The number of halogens is 1. The number of hydrogen-bond acceptors (Lipinski definition) is 6. The number of urea groups is 1. The van der Waals surface area contributed by atoms with Gasteiger partial charge in [0.2, 0.25) is 11.7 Å². The summed E-state index contributed by atoms with van der Waals surface area (Å²) in [5, 5.41) is 22.9. The van der Waals surface area contributed by atoms with Crippen LogP contribution in [0.5, 0.6) is 0 Å². The van der Waals surface area contributed by atoms with Crippen LogP contribution in [0.15, 0.2) is 53.1 Å². The number of primary amides is 1. The lowest BCUT2D eigenvalue weighted by Crippen LogP contribution is -2.45. The smallest absolute Gasteiger partial charge is 0.323 e. The van der Waals surface area contributed by atoms with E-state index in [9.17, 15) is 14.4 Å². The van der Waals surface area contributed by atoms with Gasteiger partial charge in [-0.2, -0.15) is 5.21 Å². The maximum atomic E-state index is 13.2. The molecule has 2 heterocycles. The molecule has 13 heteroatoms. The van der Waals surface area contributed by atoms with Gasteiger partial charge in [-0.05, 0) is 41.8 Å². The maximum absolute atomic E-state index is 13.2. The number of aromatic amines is 1. The van der Waals surface area contributed by atoms with Crippen molar-refractivity contribution in [1.29, 1.82) is 0 Å². The Balaban J connectivity index is 1.32. The monoisotopic (exact) mass is 551 g/mol. The molecule has 0 unspecified atom stereocenters. The molecule has 6 N–H and O–H groups in total. The molecule has 184 valence electrons. The third-order valence-corrected chi connectivity index (χ3v) is 6.31. The van der Waals surface area contributed by atoms with Gasteiger partial charge in [-0.1, -0.05) is 47.0 Å². The molecule has 4 aromatic rings. The second kappa shape index (κ2) is 9.77. The number of hydrogen-bond donors (Lipinski definition) is 5. The molecule has 0 radical (unpaired) electrons. The number of aromatic nitrogens is 5. The summed E-state index contributed by atoms with van der Waals surface area (Å²) in [7, 11) is 0. The van der Waals surface area contributed by atoms with Crippen LogP contribution in [0.1, 0.15) is 19.3 Å². The zero-order valence-electron chi connectivity index (χ0n) is 18.9. The SMILES string of the molecule is NC(=O)n1cc(NC(=O)N[C@@H](CC2CC2)C(=O)Nc2cc(Br)cc(-c3nn[nH]n3)c2)c2ccccc21. The molecule has 0 spiro atoms. The second-order valence-electron chi connectivity index (χ2n) is 8.55. The van der Waals surface area contributed by atoms with Crippen LogP contribution < -0.4 is 21.7 Å². The van der Waals surface area contributed by atoms with E-state index in [-0.39, 0.29) is 5.91 Å². The Kier molecular flexibility index (Phi) is 6.38. The lowest BCUT2D eigenvalue weighted by atomic mass is 10.1. The normalized spacial score (nSPS) is 13.8.